The van der Waals surface area contributed by atoms with Crippen molar-refractivity contribution < 1.29 is 14.3 Å². The first-order valence-corrected chi connectivity index (χ1v) is 6.87. The van der Waals surface area contributed by atoms with Gasteiger partial charge in [-0.05, 0) is 38.5 Å². The summed E-state index contributed by atoms with van der Waals surface area (Å²) in [4.78, 5) is 12.0. The Morgan fingerprint density at radius 3 is 2.88 bits per heavy atom. The molecule has 17 heavy (non-hydrogen) atoms. The van der Waals surface area contributed by atoms with Crippen LogP contribution in [0.2, 0.25) is 0 Å². The van der Waals surface area contributed by atoms with Crippen LogP contribution in [0, 0.1) is 5.92 Å². The summed E-state index contributed by atoms with van der Waals surface area (Å²) in [7, 11) is 0. The summed E-state index contributed by atoms with van der Waals surface area (Å²) >= 11 is 0. The van der Waals surface area contributed by atoms with Crippen LogP contribution in [0.3, 0.4) is 0 Å². The van der Waals surface area contributed by atoms with Crippen LogP contribution in [0.1, 0.15) is 38.5 Å². The van der Waals surface area contributed by atoms with Crippen molar-refractivity contribution in [3.05, 3.63) is 0 Å². The van der Waals surface area contributed by atoms with Crippen molar-refractivity contribution in [3.8, 4) is 0 Å². The maximum atomic E-state index is 12.0. The van der Waals surface area contributed by atoms with E-state index in [0.717, 1.165) is 32.3 Å². The van der Waals surface area contributed by atoms with Crippen molar-refractivity contribution in [1.82, 2.24) is 5.32 Å². The predicted octanol–water partition coefficient (Wildman–Crippen LogP) is 1.24. The molecule has 3 fully saturated rings. The summed E-state index contributed by atoms with van der Waals surface area (Å²) < 4.78 is 11.0. The number of carbonyl (C=O) groups excluding carboxylic acids is 1. The van der Waals surface area contributed by atoms with Gasteiger partial charge in [0.1, 0.15) is 6.61 Å². The lowest BCUT2D eigenvalue weighted by Gasteiger charge is -2.24. The molecule has 0 aromatic rings. The fraction of sp³-hybridized carbons (Fsp3) is 0.923. The summed E-state index contributed by atoms with van der Waals surface area (Å²) in [6.45, 7) is 1.27. The molecule has 0 amide bonds. The highest BCUT2D eigenvalue weighted by Gasteiger charge is 2.43. The zero-order valence-electron chi connectivity index (χ0n) is 10.2. The van der Waals surface area contributed by atoms with Crippen LogP contribution in [0.5, 0.6) is 0 Å². The van der Waals surface area contributed by atoms with Gasteiger partial charge in [0.15, 0.2) is 0 Å². The van der Waals surface area contributed by atoms with Gasteiger partial charge in [0, 0.05) is 18.7 Å². The van der Waals surface area contributed by atoms with E-state index in [9.17, 15) is 4.79 Å². The molecule has 0 radical (unpaired) electrons. The van der Waals surface area contributed by atoms with Gasteiger partial charge in [0.2, 0.25) is 0 Å². The maximum Gasteiger partial charge on any atom is 0.310 e. The third-order valence-electron chi connectivity index (χ3n) is 4.29. The second-order valence-corrected chi connectivity index (χ2v) is 5.51. The van der Waals surface area contributed by atoms with Crippen LogP contribution >= 0.6 is 0 Å². The fourth-order valence-electron chi connectivity index (χ4n) is 3.31. The van der Waals surface area contributed by atoms with Crippen LogP contribution in [0.4, 0.5) is 0 Å². The molecule has 3 aliphatic rings. The van der Waals surface area contributed by atoms with Gasteiger partial charge in [-0.2, -0.15) is 0 Å². The Labute approximate surface area is 102 Å². The molecule has 3 saturated heterocycles. The number of ether oxygens (including phenoxy) is 2. The molecule has 0 aliphatic carbocycles. The van der Waals surface area contributed by atoms with Gasteiger partial charge in [-0.3, -0.25) is 4.79 Å². The molecule has 4 heteroatoms. The van der Waals surface area contributed by atoms with Crippen LogP contribution in [-0.4, -0.2) is 37.4 Å². The quantitative estimate of drug-likeness (QED) is 0.753. The van der Waals surface area contributed by atoms with E-state index in [1.165, 1.54) is 12.8 Å². The molecule has 0 aromatic heterocycles. The van der Waals surface area contributed by atoms with Crippen molar-refractivity contribution in [2.45, 2.75) is 56.7 Å². The predicted molar refractivity (Wildman–Crippen MR) is 62.6 cm³/mol. The van der Waals surface area contributed by atoms with Gasteiger partial charge < -0.3 is 14.8 Å². The van der Waals surface area contributed by atoms with Crippen molar-refractivity contribution >= 4 is 5.97 Å². The number of carbonyl (C=O) groups is 1. The normalized spacial score (nSPS) is 40.5. The average molecular weight is 239 g/mol. The van der Waals surface area contributed by atoms with E-state index in [0.29, 0.717) is 18.7 Å². The second kappa shape index (κ2) is 4.94. The third-order valence-corrected chi connectivity index (χ3v) is 4.29. The largest absolute Gasteiger partial charge is 0.463 e. The first kappa shape index (κ1) is 11.5. The SMILES string of the molecule is O=C(OCC1CCCCO1)C1CC2CCC1N2. The summed E-state index contributed by atoms with van der Waals surface area (Å²) in [5, 5.41) is 3.46. The molecule has 96 valence electrons. The van der Waals surface area contributed by atoms with E-state index < -0.39 is 0 Å². The number of hydrogen-bond donors (Lipinski definition) is 1. The highest BCUT2D eigenvalue weighted by atomic mass is 16.6. The molecule has 4 atom stereocenters. The second-order valence-electron chi connectivity index (χ2n) is 5.51. The maximum absolute atomic E-state index is 12.0. The lowest BCUT2D eigenvalue weighted by atomic mass is 9.89. The number of esters is 1. The minimum atomic E-state index is -0.0149. The summed E-state index contributed by atoms with van der Waals surface area (Å²) in [5.41, 5.74) is 0. The van der Waals surface area contributed by atoms with E-state index in [1.54, 1.807) is 0 Å². The van der Waals surface area contributed by atoms with E-state index in [1.807, 2.05) is 0 Å². The molecule has 4 unspecified atom stereocenters. The summed E-state index contributed by atoms with van der Waals surface area (Å²) in [6, 6.07) is 0.934. The standard InChI is InChI=1S/C13H21NO3/c15-13(11-7-9-4-5-12(11)14-9)17-8-10-3-1-2-6-16-10/h9-12,14H,1-8H2. The van der Waals surface area contributed by atoms with Crippen LogP contribution in [0.25, 0.3) is 0 Å². The van der Waals surface area contributed by atoms with Crippen molar-refractivity contribution in [2.24, 2.45) is 5.92 Å². The molecule has 4 nitrogen and oxygen atoms in total. The number of rotatable bonds is 3. The molecular weight excluding hydrogens is 218 g/mol. The van der Waals surface area contributed by atoms with Crippen LogP contribution in [-0.2, 0) is 14.3 Å². The highest BCUT2D eigenvalue weighted by Crippen LogP contribution is 2.34. The smallest absolute Gasteiger partial charge is 0.310 e. The molecule has 3 rings (SSSR count). The monoisotopic (exact) mass is 239 g/mol. The Kier molecular flexibility index (Phi) is 3.34. The van der Waals surface area contributed by atoms with Crippen molar-refractivity contribution in [3.63, 3.8) is 0 Å². The van der Waals surface area contributed by atoms with E-state index in [4.69, 9.17) is 9.47 Å². The van der Waals surface area contributed by atoms with E-state index in [-0.39, 0.29) is 18.0 Å². The third kappa shape index (κ3) is 2.47. The Morgan fingerprint density at radius 1 is 1.29 bits per heavy atom. The first-order valence-electron chi connectivity index (χ1n) is 6.87. The Morgan fingerprint density at radius 2 is 2.24 bits per heavy atom. The lowest BCUT2D eigenvalue weighted by molar-refractivity contribution is -0.154. The van der Waals surface area contributed by atoms with Gasteiger partial charge in [0.25, 0.3) is 0 Å². The Balaban J connectivity index is 1.44. The lowest BCUT2D eigenvalue weighted by Crippen LogP contribution is -2.33. The highest BCUT2D eigenvalue weighted by molar-refractivity contribution is 5.74. The van der Waals surface area contributed by atoms with Crippen LogP contribution < -0.4 is 5.32 Å². The van der Waals surface area contributed by atoms with Gasteiger partial charge in [-0.1, -0.05) is 0 Å². The summed E-state index contributed by atoms with van der Waals surface area (Å²) in [5.74, 6) is 0.0798. The zero-order chi connectivity index (χ0) is 11.7. The average Bonchev–Trinajstić information content (AvgIpc) is 2.99. The van der Waals surface area contributed by atoms with E-state index in [2.05, 4.69) is 5.32 Å². The Bertz CT molecular complexity index is 288. The molecule has 2 bridgehead atoms. The molecule has 3 aliphatic heterocycles. The van der Waals surface area contributed by atoms with Crippen molar-refractivity contribution in [2.75, 3.05) is 13.2 Å². The molecular formula is C13H21NO3. The topological polar surface area (TPSA) is 47.6 Å². The zero-order valence-corrected chi connectivity index (χ0v) is 10.2. The minimum Gasteiger partial charge on any atom is -0.463 e. The Hall–Kier alpha value is -0.610. The van der Waals surface area contributed by atoms with Gasteiger partial charge in [-0.15, -0.1) is 0 Å². The first-order chi connectivity index (χ1) is 8.33. The molecule has 1 N–H and O–H groups in total. The van der Waals surface area contributed by atoms with Gasteiger partial charge >= 0.3 is 5.97 Å². The molecule has 3 heterocycles. The number of hydrogen-bond acceptors (Lipinski definition) is 4. The van der Waals surface area contributed by atoms with Crippen LogP contribution in [0.15, 0.2) is 0 Å². The molecule has 0 spiro atoms. The molecule has 0 saturated carbocycles. The number of nitrogens with one attached hydrogen (secondary N) is 1. The van der Waals surface area contributed by atoms with Gasteiger partial charge in [0.05, 0.1) is 12.0 Å². The minimum absolute atomic E-state index is 0.0149. The molecule has 0 aromatic carbocycles. The van der Waals surface area contributed by atoms with Crippen molar-refractivity contribution in [1.29, 1.82) is 0 Å². The number of fused-ring (bicyclic) bond motifs is 2. The van der Waals surface area contributed by atoms with E-state index >= 15 is 0 Å². The van der Waals surface area contributed by atoms with Gasteiger partial charge in [-0.25, -0.2) is 0 Å². The fourth-order valence-corrected chi connectivity index (χ4v) is 3.31. The summed E-state index contributed by atoms with van der Waals surface area (Å²) in [6.07, 6.45) is 6.82.